The Hall–Kier alpha value is -1.15. The van der Waals surface area contributed by atoms with Gasteiger partial charge in [-0.1, -0.05) is 30.3 Å². The Morgan fingerprint density at radius 3 is 2.44 bits per heavy atom. The summed E-state index contributed by atoms with van der Waals surface area (Å²) in [4.78, 5) is 12.0. The number of hydrogen-bond donors (Lipinski definition) is 0. The monoisotopic (exact) mass is 246 g/mol. The van der Waals surface area contributed by atoms with Crippen LogP contribution in [0.4, 0.5) is 0 Å². The van der Waals surface area contributed by atoms with Crippen LogP contribution >= 0.6 is 0 Å². The number of piperidine rings is 1. The minimum atomic E-state index is 0.381. The van der Waals surface area contributed by atoms with Crippen LogP contribution in [0.3, 0.4) is 0 Å². The van der Waals surface area contributed by atoms with Crippen molar-refractivity contribution >= 4 is 5.78 Å². The minimum absolute atomic E-state index is 0.381. The molecular formula is C16H24NO+. The second-order valence-electron chi connectivity index (χ2n) is 5.80. The van der Waals surface area contributed by atoms with Crippen molar-refractivity contribution in [2.75, 3.05) is 26.7 Å². The van der Waals surface area contributed by atoms with Gasteiger partial charge in [0.05, 0.1) is 33.1 Å². The highest BCUT2D eigenvalue weighted by molar-refractivity contribution is 5.80. The molecule has 2 nitrogen and oxygen atoms in total. The summed E-state index contributed by atoms with van der Waals surface area (Å²) in [7, 11) is 2.30. The summed E-state index contributed by atoms with van der Waals surface area (Å²) in [6, 6.07) is 10.1. The Balaban J connectivity index is 1.78. The first kappa shape index (κ1) is 13.3. The summed E-state index contributed by atoms with van der Waals surface area (Å²) in [6.07, 6.45) is 5.34. The fraction of sp³-hybridized carbons (Fsp3) is 0.562. The van der Waals surface area contributed by atoms with E-state index in [0.717, 1.165) is 23.0 Å². The van der Waals surface area contributed by atoms with Crippen LogP contribution in [0.2, 0.25) is 0 Å². The number of likely N-dealkylation sites (tertiary alicyclic amines) is 1. The van der Waals surface area contributed by atoms with E-state index in [1.165, 1.54) is 32.4 Å². The Bertz CT molecular complexity index is 379. The maximum absolute atomic E-state index is 12.0. The lowest BCUT2D eigenvalue weighted by molar-refractivity contribution is -0.913. The molecule has 0 bridgehead atoms. The average Bonchev–Trinajstić information content (AvgIpc) is 2.39. The molecule has 0 spiro atoms. The molecule has 1 aliphatic rings. The van der Waals surface area contributed by atoms with Gasteiger partial charge in [0.15, 0.2) is 0 Å². The number of hydrogen-bond acceptors (Lipinski definition) is 1. The lowest BCUT2D eigenvalue weighted by atomic mass is 10.0. The third-order valence-corrected chi connectivity index (χ3v) is 4.07. The van der Waals surface area contributed by atoms with Gasteiger partial charge < -0.3 is 4.48 Å². The Labute approximate surface area is 110 Å². The topological polar surface area (TPSA) is 17.1 Å². The van der Waals surface area contributed by atoms with Gasteiger partial charge in [-0.3, -0.25) is 4.79 Å². The van der Waals surface area contributed by atoms with Crippen LogP contribution in [-0.2, 0) is 11.2 Å². The minimum Gasteiger partial charge on any atom is -0.326 e. The first-order valence-corrected chi connectivity index (χ1v) is 7.07. The molecule has 98 valence electrons. The second kappa shape index (κ2) is 6.14. The summed E-state index contributed by atoms with van der Waals surface area (Å²) < 4.78 is 1.10. The highest BCUT2D eigenvalue weighted by Gasteiger charge is 2.25. The van der Waals surface area contributed by atoms with E-state index < -0.39 is 0 Å². The molecule has 1 aliphatic heterocycles. The third kappa shape index (κ3) is 3.95. The average molecular weight is 246 g/mol. The summed E-state index contributed by atoms with van der Waals surface area (Å²) in [6.45, 7) is 3.52. The molecule has 0 radical (unpaired) electrons. The van der Waals surface area contributed by atoms with E-state index in [2.05, 4.69) is 7.05 Å². The molecule has 2 heteroatoms. The molecular weight excluding hydrogens is 222 g/mol. The number of carbonyl (C=O) groups is 1. The zero-order chi connectivity index (χ0) is 12.8. The van der Waals surface area contributed by atoms with Crippen molar-refractivity contribution in [2.24, 2.45) is 0 Å². The molecule has 0 saturated carbocycles. The van der Waals surface area contributed by atoms with Gasteiger partial charge in [-0.05, 0) is 24.8 Å². The molecule has 1 fully saturated rings. The smallest absolute Gasteiger partial charge is 0.142 e. The number of rotatable bonds is 5. The molecule has 0 N–H and O–H groups in total. The van der Waals surface area contributed by atoms with Crippen molar-refractivity contribution in [1.29, 1.82) is 0 Å². The Kier molecular flexibility index (Phi) is 4.54. The largest absolute Gasteiger partial charge is 0.326 e. The quantitative estimate of drug-likeness (QED) is 0.730. The van der Waals surface area contributed by atoms with Gasteiger partial charge in [-0.15, -0.1) is 0 Å². The molecule has 1 saturated heterocycles. The fourth-order valence-electron chi connectivity index (χ4n) is 2.81. The first-order valence-electron chi connectivity index (χ1n) is 7.07. The number of Topliss-reactive ketones (excluding diaryl/α,β-unsaturated/α-hetero) is 1. The summed E-state index contributed by atoms with van der Waals surface area (Å²) in [5.41, 5.74) is 1.14. The standard InChI is InChI=1S/C16H24NO/c1-17(11-6-3-7-12-17)13-10-16(18)14-15-8-4-2-5-9-15/h2,4-5,8-9H,3,6-7,10-14H2,1H3/q+1. The van der Waals surface area contributed by atoms with Crippen LogP contribution in [0.25, 0.3) is 0 Å². The number of carbonyl (C=O) groups excluding carboxylic acids is 1. The lowest BCUT2D eigenvalue weighted by Gasteiger charge is -2.37. The maximum Gasteiger partial charge on any atom is 0.142 e. The second-order valence-corrected chi connectivity index (χ2v) is 5.80. The van der Waals surface area contributed by atoms with Crippen molar-refractivity contribution in [3.8, 4) is 0 Å². The van der Waals surface area contributed by atoms with Crippen molar-refractivity contribution in [3.63, 3.8) is 0 Å². The molecule has 18 heavy (non-hydrogen) atoms. The van der Waals surface area contributed by atoms with Gasteiger partial charge in [-0.25, -0.2) is 0 Å². The van der Waals surface area contributed by atoms with Crippen LogP contribution in [0.1, 0.15) is 31.2 Å². The van der Waals surface area contributed by atoms with Gasteiger partial charge in [0, 0.05) is 6.42 Å². The van der Waals surface area contributed by atoms with Crippen LogP contribution in [0, 0.1) is 0 Å². The molecule has 0 amide bonds. The maximum atomic E-state index is 12.0. The van der Waals surface area contributed by atoms with Gasteiger partial charge in [0.25, 0.3) is 0 Å². The molecule has 1 heterocycles. The van der Waals surface area contributed by atoms with Crippen LogP contribution in [0.5, 0.6) is 0 Å². The lowest BCUT2D eigenvalue weighted by Crippen LogP contribution is -2.48. The van der Waals surface area contributed by atoms with E-state index in [1.54, 1.807) is 0 Å². The predicted molar refractivity (Wildman–Crippen MR) is 74.4 cm³/mol. The van der Waals surface area contributed by atoms with Crippen LogP contribution in [0.15, 0.2) is 30.3 Å². The van der Waals surface area contributed by atoms with Gasteiger partial charge >= 0.3 is 0 Å². The number of benzene rings is 1. The fourth-order valence-corrected chi connectivity index (χ4v) is 2.81. The number of ketones is 1. The molecule has 1 aromatic rings. The van der Waals surface area contributed by atoms with Gasteiger partial charge in [0.2, 0.25) is 0 Å². The summed E-state index contributed by atoms with van der Waals surface area (Å²) in [5.74, 6) is 0.381. The first-order chi connectivity index (χ1) is 8.68. The van der Waals surface area contributed by atoms with Crippen molar-refractivity contribution in [3.05, 3.63) is 35.9 Å². The zero-order valence-corrected chi connectivity index (χ0v) is 11.4. The molecule has 1 aromatic carbocycles. The van der Waals surface area contributed by atoms with E-state index in [1.807, 2.05) is 30.3 Å². The van der Waals surface area contributed by atoms with Crippen LogP contribution in [-0.4, -0.2) is 36.9 Å². The summed E-state index contributed by atoms with van der Waals surface area (Å²) >= 11 is 0. The van der Waals surface area contributed by atoms with Crippen LogP contribution < -0.4 is 0 Å². The predicted octanol–water partition coefficient (Wildman–Crippen LogP) is 2.82. The molecule has 0 aliphatic carbocycles. The van der Waals surface area contributed by atoms with E-state index in [4.69, 9.17) is 0 Å². The van der Waals surface area contributed by atoms with Gasteiger partial charge in [-0.2, -0.15) is 0 Å². The van der Waals surface area contributed by atoms with E-state index in [9.17, 15) is 4.79 Å². The summed E-state index contributed by atoms with van der Waals surface area (Å²) in [5, 5.41) is 0. The van der Waals surface area contributed by atoms with E-state index in [0.29, 0.717) is 12.2 Å². The van der Waals surface area contributed by atoms with E-state index >= 15 is 0 Å². The highest BCUT2D eigenvalue weighted by atomic mass is 16.1. The number of nitrogens with zero attached hydrogens (tertiary/aromatic N) is 1. The van der Waals surface area contributed by atoms with Crippen molar-refractivity contribution in [1.82, 2.24) is 0 Å². The molecule has 0 aromatic heterocycles. The van der Waals surface area contributed by atoms with E-state index in [-0.39, 0.29) is 0 Å². The molecule has 0 atom stereocenters. The zero-order valence-electron chi connectivity index (χ0n) is 11.4. The van der Waals surface area contributed by atoms with Crippen molar-refractivity contribution in [2.45, 2.75) is 32.1 Å². The Morgan fingerprint density at radius 2 is 1.78 bits per heavy atom. The highest BCUT2D eigenvalue weighted by Crippen LogP contribution is 2.17. The van der Waals surface area contributed by atoms with Gasteiger partial charge in [0.1, 0.15) is 5.78 Å². The SMILES string of the molecule is C[N+]1(CCC(=O)Cc2ccccc2)CCCCC1. The normalized spacial score (nSPS) is 18.5. The molecule has 0 unspecified atom stereocenters. The third-order valence-electron chi connectivity index (χ3n) is 4.07. The number of quaternary nitrogens is 1. The Morgan fingerprint density at radius 1 is 1.11 bits per heavy atom. The molecule has 2 rings (SSSR count). The van der Waals surface area contributed by atoms with Crippen molar-refractivity contribution < 1.29 is 9.28 Å².